The quantitative estimate of drug-likeness (QED) is 0.183. The number of nitrogens with one attached hydrogen (secondary N) is 2. The normalized spacial score (nSPS) is 11.0. The molecule has 0 saturated heterocycles. The number of rotatable bonds is 11. The van der Waals surface area contributed by atoms with Gasteiger partial charge < -0.3 is 21.6 Å². The maximum atomic E-state index is 8.90. The second-order valence-electron chi connectivity index (χ2n) is 7.06. The number of allylic oxidation sites excluding steroid dienone is 1. The molecule has 0 radical (unpaired) electrons. The van der Waals surface area contributed by atoms with Crippen molar-refractivity contribution in [3.8, 4) is 0 Å². The van der Waals surface area contributed by atoms with Crippen molar-refractivity contribution < 1.29 is 5.11 Å². The number of benzene rings is 2. The first-order valence-electron chi connectivity index (χ1n) is 10.4. The van der Waals surface area contributed by atoms with E-state index >= 15 is 0 Å². The Labute approximate surface area is 187 Å². The van der Waals surface area contributed by atoms with Crippen molar-refractivity contribution in [1.82, 2.24) is 4.98 Å². The SMILES string of the molecule is N=C(/C=C/c1ccccn1)c1ccc(Sc2ccccc2NCCCCCO)cc1N. The molecule has 31 heavy (non-hydrogen) atoms. The number of anilines is 2. The van der Waals surface area contributed by atoms with Crippen LogP contribution < -0.4 is 11.1 Å². The standard InChI is InChI=1S/C25H28N4OS/c26-22(14-11-19-8-4-6-15-28-19)21-13-12-20(18-23(21)27)31-25-10-3-2-9-24(25)29-16-5-1-7-17-30/h2-4,6,8-15,18,26,29-30H,1,5,7,16-17,27H2/b14-11+,26-22?. The van der Waals surface area contributed by atoms with Gasteiger partial charge in [-0.1, -0.05) is 30.0 Å². The first-order chi connectivity index (χ1) is 15.2. The van der Waals surface area contributed by atoms with E-state index in [1.165, 1.54) is 0 Å². The molecular formula is C25H28N4OS. The lowest BCUT2D eigenvalue weighted by Crippen LogP contribution is -2.03. The monoisotopic (exact) mass is 432 g/mol. The molecule has 0 spiro atoms. The minimum Gasteiger partial charge on any atom is -0.398 e. The van der Waals surface area contributed by atoms with E-state index in [-0.39, 0.29) is 6.61 Å². The number of unbranched alkanes of at least 4 members (excludes halogenated alkanes) is 2. The minimum atomic E-state index is 0.250. The van der Waals surface area contributed by atoms with E-state index in [1.54, 1.807) is 24.0 Å². The summed E-state index contributed by atoms with van der Waals surface area (Å²) < 4.78 is 0. The van der Waals surface area contributed by atoms with E-state index in [0.29, 0.717) is 17.0 Å². The zero-order valence-electron chi connectivity index (χ0n) is 17.4. The maximum absolute atomic E-state index is 8.90. The van der Waals surface area contributed by atoms with Crippen molar-refractivity contribution in [3.05, 3.63) is 84.2 Å². The number of hydrogen-bond donors (Lipinski definition) is 4. The third-order valence-corrected chi connectivity index (χ3v) is 5.75. The Kier molecular flexibility index (Phi) is 8.70. The summed E-state index contributed by atoms with van der Waals surface area (Å²) in [5.74, 6) is 0. The summed E-state index contributed by atoms with van der Waals surface area (Å²) >= 11 is 1.65. The molecule has 0 bridgehead atoms. The van der Waals surface area contributed by atoms with Crippen molar-refractivity contribution in [1.29, 1.82) is 5.41 Å². The Bertz CT molecular complexity index is 1020. The summed E-state index contributed by atoms with van der Waals surface area (Å²) in [5.41, 5.74) is 9.79. The second-order valence-corrected chi connectivity index (χ2v) is 8.18. The molecule has 5 N–H and O–H groups in total. The predicted molar refractivity (Wildman–Crippen MR) is 131 cm³/mol. The number of nitrogen functional groups attached to an aromatic ring is 1. The molecule has 0 atom stereocenters. The number of aliphatic hydroxyl groups is 1. The molecular weight excluding hydrogens is 404 g/mol. The Morgan fingerprint density at radius 3 is 2.68 bits per heavy atom. The molecule has 0 fully saturated rings. The van der Waals surface area contributed by atoms with Gasteiger partial charge in [0, 0.05) is 46.1 Å². The molecule has 0 amide bonds. The Balaban J connectivity index is 1.65. The molecule has 3 aromatic rings. The van der Waals surface area contributed by atoms with Crippen molar-refractivity contribution in [2.75, 3.05) is 24.2 Å². The molecule has 2 aromatic carbocycles. The molecule has 160 valence electrons. The highest BCUT2D eigenvalue weighted by molar-refractivity contribution is 7.99. The fraction of sp³-hybridized carbons (Fsp3) is 0.200. The third-order valence-electron chi connectivity index (χ3n) is 4.69. The molecule has 0 aliphatic rings. The van der Waals surface area contributed by atoms with Crippen molar-refractivity contribution in [3.63, 3.8) is 0 Å². The number of para-hydroxylation sites is 1. The first kappa shape index (κ1) is 22.6. The molecule has 1 heterocycles. The van der Waals surface area contributed by atoms with Gasteiger partial charge in [-0.15, -0.1) is 0 Å². The highest BCUT2D eigenvalue weighted by Crippen LogP contribution is 2.35. The summed E-state index contributed by atoms with van der Waals surface area (Å²) in [5, 5.41) is 20.7. The van der Waals surface area contributed by atoms with Gasteiger partial charge in [0.05, 0.1) is 11.4 Å². The number of pyridine rings is 1. The van der Waals surface area contributed by atoms with Gasteiger partial charge in [0.1, 0.15) is 0 Å². The highest BCUT2D eigenvalue weighted by atomic mass is 32.2. The van der Waals surface area contributed by atoms with E-state index in [1.807, 2.05) is 54.6 Å². The topological polar surface area (TPSA) is 95.0 Å². The van der Waals surface area contributed by atoms with E-state index in [9.17, 15) is 0 Å². The van der Waals surface area contributed by atoms with Gasteiger partial charge >= 0.3 is 0 Å². The first-order valence-corrected chi connectivity index (χ1v) is 11.2. The summed E-state index contributed by atoms with van der Waals surface area (Å²) in [6, 6.07) is 19.7. The van der Waals surface area contributed by atoms with E-state index < -0.39 is 0 Å². The predicted octanol–water partition coefficient (Wildman–Crippen LogP) is 5.47. The zero-order chi connectivity index (χ0) is 21.9. The van der Waals surface area contributed by atoms with E-state index in [0.717, 1.165) is 47.0 Å². The van der Waals surface area contributed by atoms with Crippen LogP contribution >= 0.6 is 11.8 Å². The van der Waals surface area contributed by atoms with Gasteiger partial charge in [-0.05, 0) is 73.9 Å². The summed E-state index contributed by atoms with van der Waals surface area (Å²) in [6.45, 7) is 1.12. The fourth-order valence-electron chi connectivity index (χ4n) is 3.05. The van der Waals surface area contributed by atoms with Crippen LogP contribution in [-0.2, 0) is 0 Å². The highest BCUT2D eigenvalue weighted by Gasteiger charge is 2.08. The molecule has 1 aromatic heterocycles. The molecule has 3 rings (SSSR count). The second kappa shape index (κ2) is 11.9. The van der Waals surface area contributed by atoms with Crippen LogP contribution in [0.3, 0.4) is 0 Å². The number of nitrogens with two attached hydrogens (primary N) is 1. The van der Waals surface area contributed by atoms with Crippen LogP contribution in [0.15, 0.2) is 82.7 Å². The average Bonchev–Trinajstić information content (AvgIpc) is 2.79. The summed E-state index contributed by atoms with van der Waals surface area (Å²) in [6.07, 6.45) is 8.14. The molecule has 5 nitrogen and oxygen atoms in total. The van der Waals surface area contributed by atoms with E-state index in [2.05, 4.69) is 22.4 Å². The van der Waals surface area contributed by atoms with Gasteiger partial charge in [0.15, 0.2) is 0 Å². The Morgan fingerprint density at radius 1 is 1.06 bits per heavy atom. The van der Waals surface area contributed by atoms with Gasteiger partial charge in [-0.25, -0.2) is 0 Å². The van der Waals surface area contributed by atoms with Crippen molar-refractivity contribution >= 4 is 34.9 Å². The Morgan fingerprint density at radius 2 is 1.90 bits per heavy atom. The maximum Gasteiger partial charge on any atom is 0.0633 e. The molecule has 0 aliphatic carbocycles. The molecule has 6 heteroatoms. The number of nitrogens with zero attached hydrogens (tertiary/aromatic N) is 1. The minimum absolute atomic E-state index is 0.250. The number of aromatic nitrogens is 1. The zero-order valence-corrected chi connectivity index (χ0v) is 18.2. The largest absolute Gasteiger partial charge is 0.398 e. The fourth-order valence-corrected chi connectivity index (χ4v) is 4.02. The van der Waals surface area contributed by atoms with Gasteiger partial charge in [0.25, 0.3) is 0 Å². The Hall–Kier alpha value is -3.09. The van der Waals surface area contributed by atoms with E-state index in [4.69, 9.17) is 16.2 Å². The molecule has 0 saturated carbocycles. The smallest absolute Gasteiger partial charge is 0.0633 e. The number of aliphatic hydroxyl groups excluding tert-OH is 1. The van der Waals surface area contributed by atoms with Crippen LogP contribution in [0.25, 0.3) is 6.08 Å². The number of hydrogen-bond acceptors (Lipinski definition) is 6. The lowest BCUT2D eigenvalue weighted by molar-refractivity contribution is 0.283. The van der Waals surface area contributed by atoms with Crippen LogP contribution in [0.2, 0.25) is 0 Å². The van der Waals surface area contributed by atoms with Gasteiger partial charge in [-0.3, -0.25) is 4.98 Å². The van der Waals surface area contributed by atoms with Gasteiger partial charge in [0.2, 0.25) is 0 Å². The summed E-state index contributed by atoms with van der Waals surface area (Å²) in [7, 11) is 0. The van der Waals surface area contributed by atoms with Crippen LogP contribution in [-0.4, -0.2) is 29.0 Å². The van der Waals surface area contributed by atoms with Crippen LogP contribution in [0.5, 0.6) is 0 Å². The third kappa shape index (κ3) is 6.98. The lowest BCUT2D eigenvalue weighted by atomic mass is 10.1. The van der Waals surface area contributed by atoms with Crippen molar-refractivity contribution in [2.24, 2.45) is 0 Å². The van der Waals surface area contributed by atoms with Crippen LogP contribution in [0.4, 0.5) is 11.4 Å². The van der Waals surface area contributed by atoms with Crippen LogP contribution in [0, 0.1) is 5.41 Å². The lowest BCUT2D eigenvalue weighted by Gasteiger charge is -2.13. The van der Waals surface area contributed by atoms with Gasteiger partial charge in [-0.2, -0.15) is 0 Å². The summed E-state index contributed by atoms with van der Waals surface area (Å²) in [4.78, 5) is 6.39. The van der Waals surface area contributed by atoms with Crippen LogP contribution in [0.1, 0.15) is 30.5 Å². The molecule has 0 unspecified atom stereocenters. The molecule has 0 aliphatic heterocycles. The average molecular weight is 433 g/mol. The van der Waals surface area contributed by atoms with Crippen molar-refractivity contribution in [2.45, 2.75) is 29.1 Å².